The summed E-state index contributed by atoms with van der Waals surface area (Å²) in [6, 6.07) is 20.4. The van der Waals surface area contributed by atoms with Crippen molar-refractivity contribution in [1.82, 2.24) is 0 Å². The quantitative estimate of drug-likeness (QED) is 0.0268. The highest BCUT2D eigenvalue weighted by molar-refractivity contribution is 7.86. The molecule has 3 aromatic carbocycles. The first-order valence-electron chi connectivity index (χ1n) is 14.6. The minimum Gasteiger partial charge on any atom is -0.508 e. The van der Waals surface area contributed by atoms with E-state index in [1.807, 2.05) is 24.3 Å². The number of nitrogens with two attached hydrogens (primary N) is 2. The zero-order valence-electron chi connectivity index (χ0n) is 27.3. The summed E-state index contributed by atoms with van der Waals surface area (Å²) in [5, 5.41) is 39.3. The average Bonchev–Trinajstić information content (AvgIpc) is 3.02. The standard InChI is InChI=1S/C19H24N4O2.C8H8O3.2C2H6O4S/c20-18(21)14-4-8-16(9-5-14)24-12-2-1-3-13-25-17-10-6-15(7-11-17)19(22)23;1-6(9)11-8-4-2-7(10)3-5-8;2*3-1-2-7(4,5)6/h4-11H,1-3,12-13H2,(H3,20,21)(H3,22,23);2-5,10H,1H3;2*3H,1-2H2,(H,4,5,6). The van der Waals surface area contributed by atoms with Crippen LogP contribution in [0.2, 0.25) is 0 Å². The van der Waals surface area contributed by atoms with Gasteiger partial charge < -0.3 is 41.0 Å². The lowest BCUT2D eigenvalue weighted by atomic mass is 10.2. The van der Waals surface area contributed by atoms with E-state index >= 15 is 0 Å². The summed E-state index contributed by atoms with van der Waals surface area (Å²) < 4.78 is 70.2. The number of nitrogens with one attached hydrogen (secondary N) is 2. The highest BCUT2D eigenvalue weighted by Crippen LogP contribution is 2.16. The number of benzene rings is 3. The zero-order valence-corrected chi connectivity index (χ0v) is 28.9. The second kappa shape index (κ2) is 24.4. The van der Waals surface area contributed by atoms with Crippen molar-refractivity contribution in [1.29, 1.82) is 10.8 Å². The Balaban J connectivity index is 0.000000785. The monoisotopic (exact) mass is 744 g/mol. The van der Waals surface area contributed by atoms with Crippen molar-refractivity contribution in [3.05, 3.63) is 83.9 Å². The molecule has 0 heterocycles. The number of carbonyl (C=O) groups excluding carboxylic acids is 1. The molecule has 0 atom stereocenters. The number of amidine groups is 2. The number of aliphatic hydroxyl groups is 2. The molecule has 0 aromatic heterocycles. The summed E-state index contributed by atoms with van der Waals surface area (Å²) in [5.41, 5.74) is 12.2. The Labute approximate surface area is 290 Å². The Hall–Kier alpha value is -4.79. The van der Waals surface area contributed by atoms with Crippen LogP contribution in [0.5, 0.6) is 23.0 Å². The molecule has 0 aliphatic carbocycles. The first-order valence-corrected chi connectivity index (χ1v) is 17.8. The lowest BCUT2D eigenvalue weighted by Gasteiger charge is -2.08. The van der Waals surface area contributed by atoms with E-state index in [9.17, 15) is 21.6 Å². The number of phenolic OH excluding ortho intramolecular Hbond substituents is 1. The smallest absolute Gasteiger partial charge is 0.308 e. The number of ether oxygens (including phenoxy) is 3. The number of hydrogen-bond acceptors (Lipinski definition) is 13. The Morgan fingerprint density at radius 2 is 0.980 bits per heavy atom. The largest absolute Gasteiger partial charge is 0.508 e. The number of rotatable bonds is 15. The first kappa shape index (κ1) is 45.2. The second-order valence-corrected chi connectivity index (χ2v) is 12.9. The molecule has 0 unspecified atom stereocenters. The molecule has 19 heteroatoms. The Morgan fingerprint density at radius 3 is 1.24 bits per heavy atom. The maximum absolute atomic E-state index is 10.4. The summed E-state index contributed by atoms with van der Waals surface area (Å²) in [6.07, 6.45) is 2.90. The highest BCUT2D eigenvalue weighted by atomic mass is 32.2. The van der Waals surface area contributed by atoms with Gasteiger partial charge in [0.25, 0.3) is 20.2 Å². The molecule has 0 fully saturated rings. The van der Waals surface area contributed by atoms with Gasteiger partial charge in [-0.2, -0.15) is 16.8 Å². The fourth-order valence-electron chi connectivity index (χ4n) is 3.13. The van der Waals surface area contributed by atoms with Gasteiger partial charge in [0, 0.05) is 18.1 Å². The average molecular weight is 745 g/mol. The molecule has 0 bridgehead atoms. The van der Waals surface area contributed by atoms with Gasteiger partial charge in [0.15, 0.2) is 0 Å². The number of carbonyl (C=O) groups is 1. The van der Waals surface area contributed by atoms with E-state index in [2.05, 4.69) is 0 Å². The van der Waals surface area contributed by atoms with E-state index < -0.39 is 45.0 Å². The van der Waals surface area contributed by atoms with Gasteiger partial charge in [-0.15, -0.1) is 0 Å². The maximum atomic E-state index is 10.4. The van der Waals surface area contributed by atoms with Gasteiger partial charge in [-0.05, 0) is 92.1 Å². The molecule has 0 spiro atoms. The van der Waals surface area contributed by atoms with Crippen molar-refractivity contribution < 1.29 is 60.3 Å². The molecular weight excluding hydrogens is 700 g/mol. The number of hydrogen-bond donors (Lipinski definition) is 9. The highest BCUT2D eigenvalue weighted by Gasteiger charge is 2.01. The maximum Gasteiger partial charge on any atom is 0.308 e. The van der Waals surface area contributed by atoms with Crippen LogP contribution in [0.25, 0.3) is 0 Å². The summed E-state index contributed by atoms with van der Waals surface area (Å²) in [5.74, 6) is 0.760. The van der Waals surface area contributed by atoms with Crippen LogP contribution >= 0.6 is 0 Å². The number of aliphatic hydroxyl groups excluding tert-OH is 2. The van der Waals surface area contributed by atoms with Gasteiger partial charge in [-0.25, -0.2) is 0 Å². The van der Waals surface area contributed by atoms with Gasteiger partial charge in [-0.3, -0.25) is 24.7 Å². The van der Waals surface area contributed by atoms with E-state index in [1.165, 1.54) is 31.2 Å². The first-order chi connectivity index (χ1) is 23.4. The van der Waals surface area contributed by atoms with Gasteiger partial charge >= 0.3 is 5.97 Å². The van der Waals surface area contributed by atoms with Crippen LogP contribution in [-0.4, -0.2) is 96.8 Å². The van der Waals surface area contributed by atoms with Gasteiger partial charge in [0.1, 0.15) is 34.7 Å². The van der Waals surface area contributed by atoms with Crippen molar-refractivity contribution in [2.24, 2.45) is 11.5 Å². The van der Waals surface area contributed by atoms with Gasteiger partial charge in [-0.1, -0.05) is 0 Å². The molecule has 0 aliphatic heterocycles. The van der Waals surface area contributed by atoms with E-state index in [1.54, 1.807) is 24.3 Å². The van der Waals surface area contributed by atoms with Crippen molar-refractivity contribution in [2.45, 2.75) is 26.2 Å². The molecule has 0 aliphatic rings. The third kappa shape index (κ3) is 25.3. The van der Waals surface area contributed by atoms with E-state index in [0.29, 0.717) is 30.1 Å². The predicted octanol–water partition coefficient (Wildman–Crippen LogP) is 1.93. The fraction of sp³-hybridized carbons (Fsp3) is 0.323. The Morgan fingerprint density at radius 1 is 0.640 bits per heavy atom. The van der Waals surface area contributed by atoms with Crippen molar-refractivity contribution in [3.8, 4) is 23.0 Å². The molecule has 0 amide bonds. The van der Waals surface area contributed by atoms with Gasteiger partial charge in [0.2, 0.25) is 0 Å². The molecule has 17 nitrogen and oxygen atoms in total. The molecule has 278 valence electrons. The number of nitrogen functional groups attached to an aromatic ring is 2. The van der Waals surface area contributed by atoms with Crippen molar-refractivity contribution >= 4 is 37.9 Å². The normalized spacial score (nSPS) is 10.4. The third-order valence-electron chi connectivity index (χ3n) is 5.45. The minimum atomic E-state index is -3.92. The third-order valence-corrected chi connectivity index (χ3v) is 6.85. The fourth-order valence-corrected chi connectivity index (χ4v) is 3.59. The second-order valence-electron chi connectivity index (χ2n) is 9.74. The lowest BCUT2D eigenvalue weighted by Crippen LogP contribution is -2.10. The number of esters is 1. The molecule has 0 saturated carbocycles. The SMILES string of the molecule is CC(=O)Oc1ccc(O)cc1.N=C(N)c1ccc(OCCCCCOc2ccc(C(=N)N)cc2)cc1.O=S(=O)(O)CCO.O=S(=O)(O)CCO. The van der Waals surface area contributed by atoms with Gasteiger partial charge in [0.05, 0.1) is 37.9 Å². The molecule has 50 heavy (non-hydrogen) atoms. The molecule has 11 N–H and O–H groups in total. The van der Waals surface area contributed by atoms with Crippen LogP contribution in [0.15, 0.2) is 72.8 Å². The molecule has 0 radical (unpaired) electrons. The Bertz CT molecular complexity index is 1560. The van der Waals surface area contributed by atoms with Crippen LogP contribution in [-0.2, 0) is 25.0 Å². The molecule has 3 aromatic rings. The van der Waals surface area contributed by atoms with Crippen LogP contribution in [0.4, 0.5) is 0 Å². The van der Waals surface area contributed by atoms with Crippen LogP contribution in [0.1, 0.15) is 37.3 Å². The Kier molecular flexibility index (Phi) is 22.0. The van der Waals surface area contributed by atoms with E-state index in [4.69, 9.17) is 60.9 Å². The molecule has 3 rings (SSSR count). The zero-order chi connectivity index (χ0) is 38.2. The number of unbranched alkanes of at least 4 members (excludes halogenated alkanes) is 2. The molecule has 0 saturated heterocycles. The number of phenols is 1. The van der Waals surface area contributed by atoms with Crippen LogP contribution in [0, 0.1) is 10.8 Å². The summed E-state index contributed by atoms with van der Waals surface area (Å²) in [6.45, 7) is 1.56. The van der Waals surface area contributed by atoms with Crippen LogP contribution in [0.3, 0.4) is 0 Å². The predicted molar refractivity (Wildman–Crippen MR) is 186 cm³/mol. The summed E-state index contributed by atoms with van der Waals surface area (Å²) >= 11 is 0. The lowest BCUT2D eigenvalue weighted by molar-refractivity contribution is -0.131. The van der Waals surface area contributed by atoms with E-state index in [0.717, 1.165) is 30.8 Å². The topological polar surface area (TPSA) is 314 Å². The molecular formula is C31H44N4O13S2. The van der Waals surface area contributed by atoms with Crippen molar-refractivity contribution in [3.63, 3.8) is 0 Å². The summed E-state index contributed by atoms with van der Waals surface area (Å²) in [4.78, 5) is 10.4. The number of aromatic hydroxyl groups is 1. The van der Waals surface area contributed by atoms with E-state index in [-0.39, 0.29) is 23.4 Å². The summed E-state index contributed by atoms with van der Waals surface area (Å²) in [7, 11) is -7.85. The van der Waals surface area contributed by atoms with Crippen molar-refractivity contribution in [2.75, 3.05) is 37.9 Å². The minimum absolute atomic E-state index is 0.0579. The van der Waals surface area contributed by atoms with Crippen LogP contribution < -0.4 is 25.7 Å².